The predicted molar refractivity (Wildman–Crippen MR) is 29.9 cm³/mol. The van der Waals surface area contributed by atoms with Gasteiger partial charge in [0.1, 0.15) is 0 Å². The van der Waals surface area contributed by atoms with E-state index in [9.17, 15) is 0 Å². The van der Waals surface area contributed by atoms with Crippen LogP contribution in [0.25, 0.3) is 0 Å². The van der Waals surface area contributed by atoms with Crippen molar-refractivity contribution in [2.45, 2.75) is 6.10 Å². The number of hydrogen-bond donors (Lipinski definition) is 3. The van der Waals surface area contributed by atoms with Crippen LogP contribution in [0.4, 0.5) is 0 Å². The molecule has 1 unspecified atom stereocenters. The highest BCUT2D eigenvalue weighted by molar-refractivity contribution is 4.52. The molecular formula is C4H12N2O2. The average molecular weight is 120 g/mol. The van der Waals surface area contributed by atoms with Crippen molar-refractivity contribution in [2.75, 3.05) is 20.2 Å². The SMILES string of the molecule is CN(N)CC(O)CO. The molecule has 0 aromatic heterocycles. The zero-order valence-corrected chi connectivity index (χ0v) is 4.91. The molecule has 0 bridgehead atoms. The van der Waals surface area contributed by atoms with Crippen molar-refractivity contribution in [1.29, 1.82) is 0 Å². The molecule has 0 amide bonds. The second-order valence-electron chi connectivity index (χ2n) is 1.78. The highest BCUT2D eigenvalue weighted by Crippen LogP contribution is 1.79. The molecule has 4 N–H and O–H groups in total. The van der Waals surface area contributed by atoms with Gasteiger partial charge in [-0.05, 0) is 0 Å². The van der Waals surface area contributed by atoms with Crippen molar-refractivity contribution in [3.8, 4) is 0 Å². The van der Waals surface area contributed by atoms with Crippen LogP contribution in [0.5, 0.6) is 0 Å². The molecule has 0 aromatic rings. The molecule has 4 heteroatoms. The molecule has 0 rings (SSSR count). The molecule has 0 saturated heterocycles. The molecule has 8 heavy (non-hydrogen) atoms. The molecule has 0 aliphatic heterocycles. The van der Waals surface area contributed by atoms with Gasteiger partial charge in [-0.15, -0.1) is 0 Å². The van der Waals surface area contributed by atoms with E-state index >= 15 is 0 Å². The lowest BCUT2D eigenvalue weighted by Gasteiger charge is -2.12. The molecule has 0 fully saturated rings. The van der Waals surface area contributed by atoms with Crippen LogP contribution < -0.4 is 5.84 Å². The molecule has 0 aromatic carbocycles. The van der Waals surface area contributed by atoms with Crippen LogP contribution in [0.15, 0.2) is 0 Å². The van der Waals surface area contributed by atoms with E-state index in [1.165, 1.54) is 5.01 Å². The van der Waals surface area contributed by atoms with E-state index in [0.717, 1.165) is 0 Å². The van der Waals surface area contributed by atoms with Gasteiger partial charge < -0.3 is 10.2 Å². The second kappa shape index (κ2) is 3.80. The molecule has 0 saturated carbocycles. The summed E-state index contributed by atoms with van der Waals surface area (Å²) in [5.74, 6) is 5.13. The van der Waals surface area contributed by atoms with Gasteiger partial charge >= 0.3 is 0 Å². The fourth-order valence-corrected chi connectivity index (χ4v) is 0.390. The topological polar surface area (TPSA) is 69.7 Å². The van der Waals surface area contributed by atoms with Gasteiger partial charge in [0.15, 0.2) is 0 Å². The quantitative estimate of drug-likeness (QED) is 0.302. The first kappa shape index (κ1) is 7.84. The van der Waals surface area contributed by atoms with E-state index in [0.29, 0.717) is 6.54 Å². The Kier molecular flexibility index (Phi) is 3.72. The number of aliphatic hydroxyl groups is 2. The van der Waals surface area contributed by atoms with Gasteiger partial charge in [0, 0.05) is 13.6 Å². The Labute approximate surface area is 48.5 Å². The van der Waals surface area contributed by atoms with Crippen molar-refractivity contribution in [3.63, 3.8) is 0 Å². The zero-order valence-electron chi connectivity index (χ0n) is 4.91. The van der Waals surface area contributed by atoms with Gasteiger partial charge in [-0.1, -0.05) is 0 Å². The van der Waals surface area contributed by atoms with Gasteiger partial charge in [0.05, 0.1) is 12.7 Å². The summed E-state index contributed by atoms with van der Waals surface area (Å²) in [6.07, 6.45) is -0.718. The lowest BCUT2D eigenvalue weighted by atomic mass is 10.4. The monoisotopic (exact) mass is 120 g/mol. The van der Waals surface area contributed by atoms with Crippen LogP contribution in [-0.4, -0.2) is 41.5 Å². The second-order valence-corrected chi connectivity index (χ2v) is 1.78. The van der Waals surface area contributed by atoms with E-state index in [1.807, 2.05) is 0 Å². The number of hydrazine groups is 1. The summed E-state index contributed by atoms with van der Waals surface area (Å²) < 4.78 is 0. The molecule has 0 spiro atoms. The number of hydrogen-bond acceptors (Lipinski definition) is 4. The van der Waals surface area contributed by atoms with Crippen molar-refractivity contribution in [1.82, 2.24) is 5.01 Å². The molecule has 0 heterocycles. The first-order chi connectivity index (χ1) is 3.66. The van der Waals surface area contributed by atoms with Crippen molar-refractivity contribution >= 4 is 0 Å². The van der Waals surface area contributed by atoms with Crippen LogP contribution in [0.1, 0.15) is 0 Å². The summed E-state index contributed by atoms with van der Waals surface area (Å²) in [6, 6.07) is 0. The molecule has 0 aliphatic rings. The number of rotatable bonds is 3. The van der Waals surface area contributed by atoms with Gasteiger partial charge in [0.2, 0.25) is 0 Å². The lowest BCUT2D eigenvalue weighted by molar-refractivity contribution is 0.0667. The summed E-state index contributed by atoms with van der Waals surface area (Å²) in [7, 11) is 1.62. The molecule has 0 aliphatic carbocycles. The van der Waals surface area contributed by atoms with Crippen molar-refractivity contribution in [3.05, 3.63) is 0 Å². The Morgan fingerprint density at radius 3 is 2.38 bits per heavy atom. The fourth-order valence-electron chi connectivity index (χ4n) is 0.390. The summed E-state index contributed by atoms with van der Waals surface area (Å²) in [6.45, 7) is 0.0675. The third kappa shape index (κ3) is 4.01. The lowest BCUT2D eigenvalue weighted by Crippen LogP contribution is -2.35. The van der Waals surface area contributed by atoms with Crippen molar-refractivity contribution in [2.24, 2.45) is 5.84 Å². The number of aliphatic hydroxyl groups excluding tert-OH is 2. The molecule has 0 radical (unpaired) electrons. The molecule has 4 nitrogen and oxygen atoms in total. The van der Waals surface area contributed by atoms with Crippen molar-refractivity contribution < 1.29 is 10.2 Å². The summed E-state index contributed by atoms with van der Waals surface area (Å²) in [5.41, 5.74) is 0. The third-order valence-corrected chi connectivity index (χ3v) is 0.709. The average Bonchev–Trinajstić information content (AvgIpc) is 1.65. The van der Waals surface area contributed by atoms with Crippen LogP contribution in [0, 0.1) is 0 Å². The standard InChI is InChI=1S/C4H12N2O2/c1-6(5)2-4(8)3-7/h4,7-8H,2-3,5H2,1H3. The van der Waals surface area contributed by atoms with E-state index < -0.39 is 6.10 Å². The number of likely N-dealkylation sites (N-methyl/N-ethyl adjacent to an activating group) is 1. The normalized spacial score (nSPS) is 14.6. The van der Waals surface area contributed by atoms with Crippen LogP contribution in [-0.2, 0) is 0 Å². The Hall–Kier alpha value is -0.160. The maximum atomic E-state index is 8.66. The van der Waals surface area contributed by atoms with Gasteiger partial charge in [-0.3, -0.25) is 5.84 Å². The minimum atomic E-state index is -0.718. The Bertz CT molecular complexity index is 58.0. The predicted octanol–water partition coefficient (Wildman–Crippen LogP) is -1.85. The Morgan fingerprint density at radius 2 is 2.25 bits per heavy atom. The van der Waals surface area contributed by atoms with E-state index in [-0.39, 0.29) is 6.61 Å². The van der Waals surface area contributed by atoms with Crippen LogP contribution in [0.3, 0.4) is 0 Å². The number of nitrogens with zero attached hydrogens (tertiary/aromatic N) is 1. The van der Waals surface area contributed by atoms with E-state index in [4.69, 9.17) is 16.1 Å². The highest BCUT2D eigenvalue weighted by Gasteiger charge is 2.01. The van der Waals surface area contributed by atoms with E-state index in [1.54, 1.807) is 7.05 Å². The smallest absolute Gasteiger partial charge is 0.0911 e. The summed E-state index contributed by atoms with van der Waals surface area (Å²) >= 11 is 0. The first-order valence-corrected chi connectivity index (χ1v) is 2.41. The third-order valence-electron chi connectivity index (χ3n) is 0.709. The summed E-state index contributed by atoms with van der Waals surface area (Å²) in [4.78, 5) is 0. The molecule has 1 atom stereocenters. The Balaban J connectivity index is 3.10. The van der Waals surface area contributed by atoms with Gasteiger partial charge in [0.25, 0.3) is 0 Å². The minimum absolute atomic E-state index is 0.235. The largest absolute Gasteiger partial charge is 0.394 e. The van der Waals surface area contributed by atoms with Crippen LogP contribution >= 0.6 is 0 Å². The molecular weight excluding hydrogens is 108 g/mol. The summed E-state index contributed by atoms with van der Waals surface area (Å²) in [5, 5.41) is 18.2. The first-order valence-electron chi connectivity index (χ1n) is 2.41. The number of nitrogens with two attached hydrogens (primary N) is 1. The maximum absolute atomic E-state index is 8.66. The van der Waals surface area contributed by atoms with Crippen LogP contribution in [0.2, 0.25) is 0 Å². The Morgan fingerprint density at radius 1 is 1.75 bits per heavy atom. The van der Waals surface area contributed by atoms with Gasteiger partial charge in [-0.2, -0.15) is 0 Å². The fraction of sp³-hybridized carbons (Fsp3) is 1.00. The zero-order chi connectivity index (χ0) is 6.57. The van der Waals surface area contributed by atoms with Gasteiger partial charge in [-0.25, -0.2) is 5.01 Å². The van der Waals surface area contributed by atoms with E-state index in [2.05, 4.69) is 0 Å². The minimum Gasteiger partial charge on any atom is -0.394 e. The molecule has 50 valence electrons. The maximum Gasteiger partial charge on any atom is 0.0911 e. The highest BCUT2D eigenvalue weighted by atomic mass is 16.3.